The molecule has 6 rings (SSSR count). The molecule has 0 bridgehead atoms. The first-order valence-corrected chi connectivity index (χ1v) is 13.1. The molecular formula is C28H31BClFN6O. The Kier molecular flexibility index (Phi) is 8.69. The first kappa shape index (κ1) is 27.6. The second kappa shape index (κ2) is 12.0. The minimum absolute atomic E-state index is 0.297. The maximum atomic E-state index is 13.7. The zero-order chi connectivity index (χ0) is 27.4. The predicted molar refractivity (Wildman–Crippen MR) is 152 cm³/mol. The molecule has 1 unspecified atom stereocenters. The van der Waals surface area contributed by atoms with E-state index in [4.69, 9.17) is 21.4 Å². The van der Waals surface area contributed by atoms with Crippen molar-refractivity contribution in [3.63, 3.8) is 0 Å². The number of rotatable bonds is 4. The van der Waals surface area contributed by atoms with E-state index in [-0.39, 0.29) is 11.9 Å². The van der Waals surface area contributed by atoms with E-state index in [1.807, 2.05) is 33.0 Å². The second-order valence-electron chi connectivity index (χ2n) is 8.55. The summed E-state index contributed by atoms with van der Waals surface area (Å²) < 4.78 is 24.0. The van der Waals surface area contributed by atoms with Crippen LogP contribution in [0.5, 0.6) is 5.75 Å². The van der Waals surface area contributed by atoms with Crippen molar-refractivity contribution >= 4 is 35.7 Å². The first-order valence-electron chi connectivity index (χ1n) is 12.7. The number of ether oxygens (including phenoxy) is 1. The molecule has 1 aliphatic heterocycles. The molecule has 5 aromatic rings. The molecule has 0 saturated heterocycles. The molecule has 1 N–H and O–H groups in total. The van der Waals surface area contributed by atoms with Gasteiger partial charge in [-0.25, -0.2) is 8.91 Å². The summed E-state index contributed by atoms with van der Waals surface area (Å²) in [7, 11) is 4.50. The molecule has 4 aromatic heterocycles. The Morgan fingerprint density at radius 1 is 1.16 bits per heavy atom. The van der Waals surface area contributed by atoms with E-state index in [2.05, 4.69) is 34.9 Å². The molecule has 1 atom stereocenters. The lowest BCUT2D eigenvalue weighted by atomic mass is 10.0. The van der Waals surface area contributed by atoms with Gasteiger partial charge in [0.1, 0.15) is 23.2 Å². The zero-order valence-electron chi connectivity index (χ0n) is 22.3. The molecule has 196 valence electrons. The van der Waals surface area contributed by atoms with Gasteiger partial charge in [-0.05, 0) is 43.0 Å². The molecule has 5 heterocycles. The molecule has 38 heavy (non-hydrogen) atoms. The molecule has 1 aromatic carbocycles. The number of hydrogen-bond acceptors (Lipinski definition) is 5. The Balaban J connectivity index is 0.000000804. The van der Waals surface area contributed by atoms with Crippen molar-refractivity contribution < 1.29 is 9.13 Å². The average molecular weight is 533 g/mol. The Bertz CT molecular complexity index is 1570. The smallest absolute Gasteiger partial charge is 0.148 e. The summed E-state index contributed by atoms with van der Waals surface area (Å²) in [6.07, 6.45) is 6.57. The summed E-state index contributed by atoms with van der Waals surface area (Å²) >= 11 is 6.49. The van der Waals surface area contributed by atoms with Gasteiger partial charge >= 0.3 is 0 Å². The summed E-state index contributed by atoms with van der Waals surface area (Å²) in [5, 5.41) is 14.8. The van der Waals surface area contributed by atoms with Gasteiger partial charge in [-0.1, -0.05) is 38.3 Å². The second-order valence-corrected chi connectivity index (χ2v) is 8.96. The van der Waals surface area contributed by atoms with Gasteiger partial charge < -0.3 is 10.1 Å². The molecule has 0 saturated carbocycles. The molecule has 0 aliphatic carbocycles. The zero-order valence-corrected chi connectivity index (χ0v) is 23.1. The van der Waals surface area contributed by atoms with Gasteiger partial charge in [0.2, 0.25) is 0 Å². The van der Waals surface area contributed by atoms with E-state index in [1.165, 1.54) is 24.6 Å². The van der Waals surface area contributed by atoms with Gasteiger partial charge in [-0.2, -0.15) is 10.2 Å². The molecule has 1 aliphatic rings. The van der Waals surface area contributed by atoms with Crippen LogP contribution in [0, 0.1) is 12.7 Å². The number of benzene rings is 1. The Morgan fingerprint density at radius 3 is 2.71 bits per heavy atom. The van der Waals surface area contributed by atoms with Crippen LogP contribution in [-0.2, 0) is 13.1 Å². The van der Waals surface area contributed by atoms with Crippen molar-refractivity contribution in [2.75, 3.05) is 6.54 Å². The van der Waals surface area contributed by atoms with E-state index in [0.29, 0.717) is 16.3 Å². The molecule has 0 spiro atoms. The fourth-order valence-electron chi connectivity index (χ4n) is 4.68. The maximum Gasteiger partial charge on any atom is 0.148 e. The highest BCUT2D eigenvalue weighted by Crippen LogP contribution is 2.37. The summed E-state index contributed by atoms with van der Waals surface area (Å²) in [6.45, 7) is 12.1. The monoisotopic (exact) mass is 532 g/mol. The summed E-state index contributed by atoms with van der Waals surface area (Å²) in [5.41, 5.74) is 5.64. The lowest BCUT2D eigenvalue weighted by molar-refractivity contribution is 0.230. The standard InChI is InChI=1S/C25H22ClFN6O.C2H6.CH3B/c1-14-22-12-28-5-6-32(22)31-24(14)17-8-23(25-21(26)11-30-33(25)13-17)34-15(2)20-10-29-9-16-7-18(27)3-4-19(16)20;2*1-2/h3-4,7-11,13,15,28H,5-6,12H2,1-2H3;1-2H3;1H3. The van der Waals surface area contributed by atoms with Crippen LogP contribution < -0.4 is 10.1 Å². The normalized spacial score (nSPS) is 13.2. The van der Waals surface area contributed by atoms with Gasteiger partial charge in [-0.3, -0.25) is 9.67 Å². The van der Waals surface area contributed by atoms with Gasteiger partial charge in [-0.15, -0.1) is 0 Å². The van der Waals surface area contributed by atoms with Crippen molar-refractivity contribution in [1.29, 1.82) is 0 Å². The molecule has 10 heteroatoms. The van der Waals surface area contributed by atoms with Crippen LogP contribution in [0.3, 0.4) is 0 Å². The minimum atomic E-state index is -0.368. The van der Waals surface area contributed by atoms with Crippen LogP contribution in [0.15, 0.2) is 49.1 Å². The fourth-order valence-corrected chi connectivity index (χ4v) is 4.90. The van der Waals surface area contributed by atoms with Crippen molar-refractivity contribution in [1.82, 2.24) is 29.7 Å². The Labute approximate surface area is 228 Å². The van der Waals surface area contributed by atoms with Crippen LogP contribution in [0.2, 0.25) is 11.8 Å². The number of nitrogens with one attached hydrogen (secondary N) is 1. The highest BCUT2D eigenvalue weighted by molar-refractivity contribution is 6.34. The lowest BCUT2D eigenvalue weighted by Crippen LogP contribution is -2.28. The van der Waals surface area contributed by atoms with Crippen LogP contribution in [0.25, 0.3) is 27.5 Å². The molecule has 0 amide bonds. The SMILES string of the molecule is CC.Cc1c(-c2cc(OC(C)c3cncc4cc(F)ccc34)c3c(Cl)cnn3c2)nn2c1CNCC2.[B]C. The predicted octanol–water partition coefficient (Wildman–Crippen LogP) is 6.32. The van der Waals surface area contributed by atoms with Gasteiger partial charge in [0.25, 0.3) is 0 Å². The third-order valence-electron chi connectivity index (χ3n) is 6.41. The molecule has 7 nitrogen and oxygen atoms in total. The highest BCUT2D eigenvalue weighted by Gasteiger charge is 2.22. The minimum Gasteiger partial charge on any atom is -0.484 e. The summed E-state index contributed by atoms with van der Waals surface area (Å²) in [6, 6.07) is 6.64. The van der Waals surface area contributed by atoms with Crippen LogP contribution >= 0.6 is 11.6 Å². The van der Waals surface area contributed by atoms with Crippen molar-refractivity contribution in [2.45, 2.75) is 53.7 Å². The van der Waals surface area contributed by atoms with Crippen molar-refractivity contribution in [3.05, 3.63) is 76.7 Å². The average Bonchev–Trinajstić information content (AvgIpc) is 3.50. The third kappa shape index (κ3) is 5.13. The van der Waals surface area contributed by atoms with E-state index in [9.17, 15) is 4.39 Å². The lowest BCUT2D eigenvalue weighted by Gasteiger charge is -2.18. The van der Waals surface area contributed by atoms with Crippen molar-refractivity contribution in [3.8, 4) is 17.0 Å². The van der Waals surface area contributed by atoms with E-state index < -0.39 is 0 Å². The van der Waals surface area contributed by atoms with Gasteiger partial charge in [0, 0.05) is 48.2 Å². The number of hydrogen-bond donors (Lipinski definition) is 1. The number of pyridine rings is 2. The molecular weight excluding hydrogens is 502 g/mol. The topological polar surface area (TPSA) is 69.3 Å². The third-order valence-corrected chi connectivity index (χ3v) is 6.69. The van der Waals surface area contributed by atoms with E-state index in [0.717, 1.165) is 52.8 Å². The van der Waals surface area contributed by atoms with Crippen LogP contribution in [0.4, 0.5) is 4.39 Å². The van der Waals surface area contributed by atoms with Gasteiger partial charge in [0.15, 0.2) is 0 Å². The number of fused-ring (bicyclic) bond motifs is 3. The number of nitrogens with zero attached hydrogens (tertiary/aromatic N) is 5. The summed E-state index contributed by atoms with van der Waals surface area (Å²) in [4.78, 5) is 4.29. The first-order chi connectivity index (χ1) is 18.5. The Hall–Kier alpha value is -3.43. The largest absolute Gasteiger partial charge is 0.484 e. The highest BCUT2D eigenvalue weighted by atomic mass is 35.5. The van der Waals surface area contributed by atoms with Gasteiger partial charge in [0.05, 0.1) is 37.0 Å². The van der Waals surface area contributed by atoms with Crippen molar-refractivity contribution in [2.24, 2.45) is 0 Å². The Morgan fingerprint density at radius 2 is 1.95 bits per heavy atom. The maximum absolute atomic E-state index is 13.7. The number of aromatic nitrogens is 5. The fraction of sp³-hybridized carbons (Fsp3) is 0.321. The molecule has 2 radical (unpaired) electrons. The van der Waals surface area contributed by atoms with E-state index >= 15 is 0 Å². The molecule has 0 fully saturated rings. The quantitative estimate of drug-likeness (QED) is 0.274. The summed E-state index contributed by atoms with van der Waals surface area (Å²) in [5.74, 6) is 0.295. The van der Waals surface area contributed by atoms with E-state index in [1.54, 1.807) is 29.2 Å². The number of halogens is 2. The van der Waals surface area contributed by atoms with Crippen LogP contribution in [0.1, 0.15) is 43.7 Å². The van der Waals surface area contributed by atoms with Crippen LogP contribution in [-0.4, -0.2) is 38.8 Å².